The summed E-state index contributed by atoms with van der Waals surface area (Å²) in [6.45, 7) is 0.0977. The average Bonchev–Trinajstić information content (AvgIpc) is 2.70. The predicted octanol–water partition coefficient (Wildman–Crippen LogP) is 0.337. The van der Waals surface area contributed by atoms with E-state index in [1.54, 1.807) is 18.3 Å². The number of nitrogens with one attached hydrogen (secondary N) is 2. The standard InChI is InChI=1S/C11H13N3O3S/c1-18(16,17)6-5-13-11(15)9-7-8-3-2-4-12-10(8)14-9/h2-4,7H,5-6H2,1H3,(H,12,14)(H,13,15). The van der Waals surface area contributed by atoms with Crippen molar-refractivity contribution in [3.05, 3.63) is 30.1 Å². The summed E-state index contributed by atoms with van der Waals surface area (Å²) in [7, 11) is -3.06. The number of hydrogen-bond donors (Lipinski definition) is 2. The number of pyridine rings is 1. The van der Waals surface area contributed by atoms with Gasteiger partial charge in [-0.3, -0.25) is 4.79 Å². The first kappa shape index (κ1) is 12.6. The molecule has 7 heteroatoms. The van der Waals surface area contributed by atoms with E-state index in [-0.39, 0.29) is 18.2 Å². The van der Waals surface area contributed by atoms with Gasteiger partial charge in [0.1, 0.15) is 21.2 Å². The number of H-pyrrole nitrogens is 1. The van der Waals surface area contributed by atoms with Crippen molar-refractivity contribution in [1.29, 1.82) is 0 Å². The first-order valence-electron chi connectivity index (χ1n) is 5.35. The minimum absolute atomic E-state index is 0.0722. The van der Waals surface area contributed by atoms with Gasteiger partial charge in [0.05, 0.1) is 5.75 Å². The summed E-state index contributed by atoms with van der Waals surface area (Å²) in [6, 6.07) is 5.30. The van der Waals surface area contributed by atoms with Crippen molar-refractivity contribution in [3.63, 3.8) is 0 Å². The molecule has 0 saturated heterocycles. The van der Waals surface area contributed by atoms with Crippen molar-refractivity contribution in [1.82, 2.24) is 15.3 Å². The minimum Gasteiger partial charge on any atom is -0.350 e. The number of carbonyl (C=O) groups is 1. The molecule has 0 aliphatic rings. The molecule has 18 heavy (non-hydrogen) atoms. The average molecular weight is 267 g/mol. The molecular formula is C11H13N3O3S. The van der Waals surface area contributed by atoms with Crippen molar-refractivity contribution in [2.45, 2.75) is 0 Å². The van der Waals surface area contributed by atoms with Gasteiger partial charge < -0.3 is 10.3 Å². The van der Waals surface area contributed by atoms with Gasteiger partial charge in [-0.05, 0) is 18.2 Å². The molecule has 0 aromatic carbocycles. The molecule has 96 valence electrons. The van der Waals surface area contributed by atoms with E-state index in [4.69, 9.17) is 0 Å². The van der Waals surface area contributed by atoms with Crippen LogP contribution < -0.4 is 5.32 Å². The molecule has 0 atom stereocenters. The monoisotopic (exact) mass is 267 g/mol. The van der Waals surface area contributed by atoms with E-state index in [2.05, 4.69) is 15.3 Å². The van der Waals surface area contributed by atoms with E-state index >= 15 is 0 Å². The smallest absolute Gasteiger partial charge is 0.267 e. The van der Waals surface area contributed by atoms with Crippen LogP contribution in [0.3, 0.4) is 0 Å². The highest BCUT2D eigenvalue weighted by molar-refractivity contribution is 7.90. The summed E-state index contributed by atoms with van der Waals surface area (Å²) < 4.78 is 21.8. The molecule has 0 unspecified atom stereocenters. The van der Waals surface area contributed by atoms with Crippen molar-refractivity contribution >= 4 is 26.8 Å². The van der Waals surface area contributed by atoms with Gasteiger partial charge in [-0.15, -0.1) is 0 Å². The fourth-order valence-corrected chi connectivity index (χ4v) is 2.00. The summed E-state index contributed by atoms with van der Waals surface area (Å²) in [5.41, 5.74) is 1.00. The Balaban J connectivity index is 2.05. The largest absolute Gasteiger partial charge is 0.350 e. The van der Waals surface area contributed by atoms with Gasteiger partial charge in [-0.1, -0.05) is 0 Å². The van der Waals surface area contributed by atoms with Crippen LogP contribution in [0.5, 0.6) is 0 Å². The number of hydrogen-bond acceptors (Lipinski definition) is 4. The summed E-state index contributed by atoms with van der Waals surface area (Å²) in [4.78, 5) is 18.7. The minimum atomic E-state index is -3.06. The first-order valence-corrected chi connectivity index (χ1v) is 7.41. The van der Waals surface area contributed by atoms with E-state index < -0.39 is 9.84 Å². The summed E-state index contributed by atoms with van der Waals surface area (Å²) >= 11 is 0. The molecule has 0 saturated carbocycles. The van der Waals surface area contributed by atoms with Crippen LogP contribution in [-0.2, 0) is 9.84 Å². The number of rotatable bonds is 4. The molecule has 0 aliphatic carbocycles. The van der Waals surface area contributed by atoms with Crippen molar-refractivity contribution < 1.29 is 13.2 Å². The fraction of sp³-hybridized carbons (Fsp3) is 0.273. The van der Waals surface area contributed by atoms with Crippen LogP contribution >= 0.6 is 0 Å². The number of aromatic nitrogens is 2. The van der Waals surface area contributed by atoms with Crippen molar-refractivity contribution in [2.75, 3.05) is 18.6 Å². The Labute approximate surface area is 104 Å². The Bertz CT molecular complexity index is 643. The van der Waals surface area contributed by atoms with Gasteiger partial charge in [0, 0.05) is 24.4 Å². The predicted molar refractivity (Wildman–Crippen MR) is 68.1 cm³/mol. The van der Waals surface area contributed by atoms with Gasteiger partial charge in [0.15, 0.2) is 0 Å². The second-order valence-corrected chi connectivity index (χ2v) is 6.27. The summed E-state index contributed by atoms with van der Waals surface area (Å²) in [5, 5.41) is 3.38. The van der Waals surface area contributed by atoms with Crippen LogP contribution in [-0.4, -0.2) is 42.8 Å². The molecule has 6 nitrogen and oxygen atoms in total. The highest BCUT2D eigenvalue weighted by Crippen LogP contribution is 2.11. The maximum atomic E-state index is 11.7. The zero-order valence-corrected chi connectivity index (χ0v) is 10.6. The quantitative estimate of drug-likeness (QED) is 0.835. The molecule has 0 bridgehead atoms. The van der Waals surface area contributed by atoms with Gasteiger partial charge in [0.25, 0.3) is 5.91 Å². The number of sulfone groups is 1. The van der Waals surface area contributed by atoms with E-state index in [9.17, 15) is 13.2 Å². The normalized spacial score (nSPS) is 11.6. The third kappa shape index (κ3) is 3.07. The van der Waals surface area contributed by atoms with Gasteiger partial charge in [-0.25, -0.2) is 13.4 Å². The zero-order chi connectivity index (χ0) is 13.2. The van der Waals surface area contributed by atoms with E-state index in [1.165, 1.54) is 0 Å². The lowest BCUT2D eigenvalue weighted by atomic mass is 10.3. The molecule has 2 heterocycles. The van der Waals surface area contributed by atoms with Crippen molar-refractivity contribution in [2.24, 2.45) is 0 Å². The third-order valence-corrected chi connectivity index (χ3v) is 3.34. The number of nitrogens with zero attached hydrogens (tertiary/aromatic N) is 1. The Morgan fingerprint density at radius 1 is 1.50 bits per heavy atom. The molecule has 0 aliphatic heterocycles. The number of carbonyl (C=O) groups excluding carboxylic acids is 1. The summed E-state index contributed by atoms with van der Waals surface area (Å²) in [6.07, 6.45) is 2.76. The molecular weight excluding hydrogens is 254 g/mol. The Hall–Kier alpha value is -1.89. The maximum Gasteiger partial charge on any atom is 0.267 e. The van der Waals surface area contributed by atoms with Crippen LogP contribution in [0.15, 0.2) is 24.4 Å². The van der Waals surface area contributed by atoms with E-state index in [1.807, 2.05) is 6.07 Å². The fourth-order valence-electron chi connectivity index (χ4n) is 1.53. The van der Waals surface area contributed by atoms with Crippen LogP contribution in [0.25, 0.3) is 11.0 Å². The lowest BCUT2D eigenvalue weighted by Crippen LogP contribution is -2.28. The van der Waals surface area contributed by atoms with Crippen LogP contribution in [0, 0.1) is 0 Å². The molecule has 2 aromatic heterocycles. The van der Waals surface area contributed by atoms with Crippen LogP contribution in [0.1, 0.15) is 10.5 Å². The zero-order valence-electron chi connectivity index (χ0n) is 9.80. The molecule has 2 aromatic rings. The molecule has 2 N–H and O–H groups in total. The highest BCUT2D eigenvalue weighted by atomic mass is 32.2. The molecule has 0 spiro atoms. The van der Waals surface area contributed by atoms with Gasteiger partial charge in [-0.2, -0.15) is 0 Å². The number of fused-ring (bicyclic) bond motifs is 1. The Morgan fingerprint density at radius 3 is 2.94 bits per heavy atom. The topological polar surface area (TPSA) is 91.9 Å². The first-order chi connectivity index (χ1) is 8.46. The second kappa shape index (κ2) is 4.77. The SMILES string of the molecule is CS(=O)(=O)CCNC(=O)c1cc2cccnc2[nH]1. The molecule has 1 amide bonds. The van der Waals surface area contributed by atoms with Crippen LogP contribution in [0.2, 0.25) is 0 Å². The molecule has 0 fully saturated rings. The third-order valence-electron chi connectivity index (χ3n) is 2.39. The second-order valence-electron chi connectivity index (χ2n) is 4.01. The lowest BCUT2D eigenvalue weighted by Gasteiger charge is -2.01. The number of amides is 1. The van der Waals surface area contributed by atoms with Crippen LogP contribution in [0.4, 0.5) is 0 Å². The van der Waals surface area contributed by atoms with Crippen molar-refractivity contribution in [3.8, 4) is 0 Å². The molecule has 0 radical (unpaired) electrons. The highest BCUT2D eigenvalue weighted by Gasteiger charge is 2.10. The Morgan fingerprint density at radius 2 is 2.28 bits per heavy atom. The lowest BCUT2D eigenvalue weighted by molar-refractivity contribution is 0.0952. The van der Waals surface area contributed by atoms with Gasteiger partial charge >= 0.3 is 0 Å². The maximum absolute atomic E-state index is 11.7. The van der Waals surface area contributed by atoms with E-state index in [0.717, 1.165) is 11.6 Å². The molecule has 2 rings (SSSR count). The summed E-state index contributed by atoms with van der Waals surface area (Å²) in [5.74, 6) is -0.409. The van der Waals surface area contributed by atoms with E-state index in [0.29, 0.717) is 11.3 Å². The number of aromatic amines is 1. The van der Waals surface area contributed by atoms with Gasteiger partial charge in [0.2, 0.25) is 0 Å². The Kier molecular flexibility index (Phi) is 3.33.